The highest BCUT2D eigenvalue weighted by Crippen LogP contribution is 2.00. The Bertz CT molecular complexity index is 282. The Kier molecular flexibility index (Phi) is 6.11. The molecule has 0 atom stereocenters. The van der Waals surface area contributed by atoms with Gasteiger partial charge in [-0.05, 0) is 39.5 Å². The van der Waals surface area contributed by atoms with Crippen LogP contribution in [0.3, 0.4) is 0 Å². The predicted molar refractivity (Wildman–Crippen MR) is 65.4 cm³/mol. The van der Waals surface area contributed by atoms with Crippen molar-refractivity contribution >= 4 is 0 Å². The van der Waals surface area contributed by atoms with E-state index in [9.17, 15) is 0 Å². The van der Waals surface area contributed by atoms with E-state index in [1.165, 1.54) is 6.42 Å². The molecule has 0 aliphatic carbocycles. The highest BCUT2D eigenvalue weighted by Gasteiger charge is 2.00. The first-order valence-corrected chi connectivity index (χ1v) is 6.11. The van der Waals surface area contributed by atoms with Crippen molar-refractivity contribution in [3.63, 3.8) is 0 Å². The van der Waals surface area contributed by atoms with E-state index in [1.54, 1.807) is 0 Å². The van der Waals surface area contributed by atoms with E-state index in [-0.39, 0.29) is 0 Å². The van der Waals surface area contributed by atoms with Gasteiger partial charge in [-0.3, -0.25) is 0 Å². The molecule has 1 aromatic heterocycles. The summed E-state index contributed by atoms with van der Waals surface area (Å²) in [5, 5.41) is 7.30. The fraction of sp³-hybridized carbons (Fsp3) is 0.750. The summed E-state index contributed by atoms with van der Waals surface area (Å²) in [4.78, 5) is 2.43. The molecule has 1 N–H and O–H groups in total. The number of hydrogen-bond donors (Lipinski definition) is 1. The van der Waals surface area contributed by atoms with Crippen LogP contribution in [0.25, 0.3) is 0 Å². The smallest absolute Gasteiger partial charge is 0.133 e. The lowest BCUT2D eigenvalue weighted by atomic mass is 10.3. The Morgan fingerprint density at radius 2 is 2.12 bits per heavy atom. The molecule has 0 amide bonds. The van der Waals surface area contributed by atoms with Gasteiger partial charge in [-0.15, -0.1) is 0 Å². The SMILES string of the molecule is CCN(CC)CCCNCc1cc(C)on1. The monoisotopic (exact) mass is 225 g/mol. The van der Waals surface area contributed by atoms with Crippen LogP contribution in [-0.4, -0.2) is 36.2 Å². The third-order valence-electron chi connectivity index (χ3n) is 2.71. The lowest BCUT2D eigenvalue weighted by Crippen LogP contribution is -2.27. The minimum atomic E-state index is 0.801. The topological polar surface area (TPSA) is 41.3 Å². The molecule has 0 saturated heterocycles. The van der Waals surface area contributed by atoms with E-state index >= 15 is 0 Å². The third-order valence-corrected chi connectivity index (χ3v) is 2.71. The second-order valence-electron chi connectivity index (χ2n) is 3.99. The highest BCUT2D eigenvalue weighted by molar-refractivity contribution is 5.02. The van der Waals surface area contributed by atoms with Gasteiger partial charge in [-0.25, -0.2) is 0 Å². The van der Waals surface area contributed by atoms with Crippen LogP contribution >= 0.6 is 0 Å². The van der Waals surface area contributed by atoms with Crippen molar-refractivity contribution in [1.82, 2.24) is 15.4 Å². The Morgan fingerprint density at radius 3 is 2.69 bits per heavy atom. The zero-order valence-electron chi connectivity index (χ0n) is 10.6. The maximum absolute atomic E-state index is 5.00. The van der Waals surface area contributed by atoms with Gasteiger partial charge in [0.2, 0.25) is 0 Å². The van der Waals surface area contributed by atoms with Gasteiger partial charge >= 0.3 is 0 Å². The van der Waals surface area contributed by atoms with Gasteiger partial charge in [0.25, 0.3) is 0 Å². The Labute approximate surface area is 98.0 Å². The summed E-state index contributed by atoms with van der Waals surface area (Å²) in [7, 11) is 0. The molecule has 1 aromatic rings. The van der Waals surface area contributed by atoms with Crippen LogP contribution in [0.4, 0.5) is 0 Å². The van der Waals surface area contributed by atoms with Crippen molar-refractivity contribution in [3.8, 4) is 0 Å². The molecule has 0 bridgehead atoms. The summed E-state index contributed by atoms with van der Waals surface area (Å²) in [6.07, 6.45) is 1.18. The van der Waals surface area contributed by atoms with Crippen molar-refractivity contribution in [2.75, 3.05) is 26.2 Å². The maximum atomic E-state index is 5.00. The minimum Gasteiger partial charge on any atom is -0.361 e. The molecule has 4 heteroatoms. The molecule has 0 spiro atoms. The number of nitrogens with one attached hydrogen (secondary N) is 1. The summed E-state index contributed by atoms with van der Waals surface area (Å²) in [6, 6.07) is 1.97. The average Bonchev–Trinajstić information content (AvgIpc) is 2.70. The number of hydrogen-bond acceptors (Lipinski definition) is 4. The van der Waals surface area contributed by atoms with Crippen LogP contribution in [0.5, 0.6) is 0 Å². The van der Waals surface area contributed by atoms with Crippen LogP contribution in [0, 0.1) is 6.92 Å². The van der Waals surface area contributed by atoms with E-state index < -0.39 is 0 Å². The average molecular weight is 225 g/mol. The lowest BCUT2D eigenvalue weighted by molar-refractivity contribution is 0.297. The molecule has 0 unspecified atom stereocenters. The zero-order chi connectivity index (χ0) is 11.8. The second-order valence-corrected chi connectivity index (χ2v) is 3.99. The first-order valence-electron chi connectivity index (χ1n) is 6.11. The molecule has 0 radical (unpaired) electrons. The summed E-state index contributed by atoms with van der Waals surface area (Å²) in [6.45, 7) is 11.6. The number of rotatable bonds is 8. The number of nitrogens with zero attached hydrogens (tertiary/aromatic N) is 2. The molecule has 4 nitrogen and oxygen atoms in total. The quantitative estimate of drug-likeness (QED) is 0.685. The number of aromatic nitrogens is 1. The summed E-state index contributed by atoms with van der Waals surface area (Å²) < 4.78 is 5.00. The van der Waals surface area contributed by atoms with E-state index in [0.717, 1.165) is 44.2 Å². The molecule has 16 heavy (non-hydrogen) atoms. The predicted octanol–water partition coefficient (Wildman–Crippen LogP) is 1.80. The lowest BCUT2D eigenvalue weighted by Gasteiger charge is -2.17. The summed E-state index contributed by atoms with van der Waals surface area (Å²) >= 11 is 0. The van der Waals surface area contributed by atoms with E-state index in [0.29, 0.717) is 0 Å². The number of aryl methyl sites for hydroxylation is 1. The normalized spacial score (nSPS) is 11.2. The largest absolute Gasteiger partial charge is 0.361 e. The van der Waals surface area contributed by atoms with Crippen molar-refractivity contribution in [2.45, 2.75) is 33.7 Å². The van der Waals surface area contributed by atoms with E-state index in [2.05, 4.69) is 29.2 Å². The molecule has 1 heterocycles. The Hall–Kier alpha value is -0.870. The van der Waals surface area contributed by atoms with Gasteiger partial charge in [-0.1, -0.05) is 19.0 Å². The maximum Gasteiger partial charge on any atom is 0.133 e. The summed E-state index contributed by atoms with van der Waals surface area (Å²) in [5.41, 5.74) is 0.986. The van der Waals surface area contributed by atoms with Gasteiger partial charge in [0, 0.05) is 12.6 Å². The molecule has 0 saturated carbocycles. The van der Waals surface area contributed by atoms with Crippen molar-refractivity contribution in [1.29, 1.82) is 0 Å². The van der Waals surface area contributed by atoms with E-state index in [1.807, 2.05) is 13.0 Å². The minimum absolute atomic E-state index is 0.801. The molecule has 1 rings (SSSR count). The van der Waals surface area contributed by atoms with Crippen LogP contribution < -0.4 is 5.32 Å². The molecule has 0 fully saturated rings. The summed E-state index contributed by atoms with van der Waals surface area (Å²) in [5.74, 6) is 0.875. The zero-order valence-corrected chi connectivity index (χ0v) is 10.6. The molecule has 92 valence electrons. The molecule has 0 aromatic carbocycles. The Balaban J connectivity index is 2.04. The van der Waals surface area contributed by atoms with Crippen molar-refractivity contribution < 1.29 is 4.52 Å². The van der Waals surface area contributed by atoms with E-state index in [4.69, 9.17) is 4.52 Å². The first kappa shape index (κ1) is 13.2. The van der Waals surface area contributed by atoms with Gasteiger partial charge in [0.05, 0.1) is 5.69 Å². The van der Waals surface area contributed by atoms with Crippen molar-refractivity contribution in [2.24, 2.45) is 0 Å². The van der Waals surface area contributed by atoms with Gasteiger partial charge in [0.15, 0.2) is 0 Å². The second kappa shape index (κ2) is 7.41. The Morgan fingerprint density at radius 1 is 1.38 bits per heavy atom. The van der Waals surface area contributed by atoms with Gasteiger partial charge in [-0.2, -0.15) is 0 Å². The van der Waals surface area contributed by atoms with Gasteiger partial charge in [0.1, 0.15) is 5.76 Å². The standard InChI is InChI=1S/C12H23N3O/c1-4-15(5-2)8-6-7-13-10-12-9-11(3)16-14-12/h9,13H,4-8,10H2,1-3H3. The fourth-order valence-corrected chi connectivity index (χ4v) is 1.69. The van der Waals surface area contributed by atoms with Crippen LogP contribution in [0.2, 0.25) is 0 Å². The van der Waals surface area contributed by atoms with Crippen LogP contribution in [0.15, 0.2) is 10.6 Å². The molecule has 0 aliphatic rings. The third kappa shape index (κ3) is 4.77. The highest BCUT2D eigenvalue weighted by atomic mass is 16.5. The molecule has 0 aliphatic heterocycles. The molecular weight excluding hydrogens is 202 g/mol. The molecular formula is C12H23N3O. The van der Waals surface area contributed by atoms with Gasteiger partial charge < -0.3 is 14.7 Å². The van der Waals surface area contributed by atoms with Crippen molar-refractivity contribution in [3.05, 3.63) is 17.5 Å². The van der Waals surface area contributed by atoms with Crippen LogP contribution in [-0.2, 0) is 6.54 Å². The fourth-order valence-electron chi connectivity index (χ4n) is 1.69. The first-order chi connectivity index (χ1) is 7.76. The van der Waals surface area contributed by atoms with Crippen LogP contribution in [0.1, 0.15) is 31.7 Å².